The zero-order chi connectivity index (χ0) is 12.4. The van der Waals surface area contributed by atoms with Gasteiger partial charge in [-0.2, -0.15) is 0 Å². The van der Waals surface area contributed by atoms with Crippen LogP contribution in [0, 0.1) is 5.92 Å². The highest BCUT2D eigenvalue weighted by Gasteiger charge is 2.29. The fraction of sp³-hybridized carbons (Fsp3) is 0.462. The lowest BCUT2D eigenvalue weighted by Gasteiger charge is -2.30. The monoisotopic (exact) mass is 235 g/mol. The van der Waals surface area contributed by atoms with Gasteiger partial charge in [-0.1, -0.05) is 18.1 Å². The van der Waals surface area contributed by atoms with Crippen molar-refractivity contribution in [2.45, 2.75) is 32.1 Å². The third kappa shape index (κ3) is 2.20. The van der Waals surface area contributed by atoms with Crippen LogP contribution in [-0.4, -0.2) is 21.1 Å². The van der Waals surface area contributed by atoms with Crippen LogP contribution in [0.1, 0.15) is 37.7 Å². The first-order valence-corrected chi connectivity index (χ1v) is 5.86. The maximum atomic E-state index is 9.86. The lowest BCUT2D eigenvalue weighted by atomic mass is 9.75. The van der Waals surface area contributed by atoms with E-state index in [0.29, 0.717) is 0 Å². The van der Waals surface area contributed by atoms with Gasteiger partial charge in [-0.15, -0.1) is 0 Å². The van der Waals surface area contributed by atoms with Gasteiger partial charge < -0.3 is 15.4 Å². The first kappa shape index (κ1) is 11.8. The molecule has 1 saturated carbocycles. The summed E-state index contributed by atoms with van der Waals surface area (Å²) in [6.07, 6.45) is 2.72. The van der Waals surface area contributed by atoms with Crippen LogP contribution in [0.3, 0.4) is 0 Å². The number of hydrogen-bond donors (Lipinski definition) is 3. The van der Waals surface area contributed by atoms with E-state index in [4.69, 9.17) is 5.21 Å². The lowest BCUT2D eigenvalue weighted by Crippen LogP contribution is -2.24. The van der Waals surface area contributed by atoms with Crippen LogP contribution < -0.4 is 0 Å². The molecule has 92 valence electrons. The highest BCUT2D eigenvalue weighted by atomic mass is 16.4. The summed E-state index contributed by atoms with van der Waals surface area (Å²) >= 11 is 0. The predicted molar refractivity (Wildman–Crippen MR) is 64.7 cm³/mol. The highest BCUT2D eigenvalue weighted by Crippen LogP contribution is 2.40. The average Bonchev–Trinajstić information content (AvgIpc) is 2.30. The summed E-state index contributed by atoms with van der Waals surface area (Å²) in [7, 11) is 0. The van der Waals surface area contributed by atoms with Crippen molar-refractivity contribution in [2.75, 3.05) is 0 Å². The molecule has 0 radical (unpaired) electrons. The summed E-state index contributed by atoms with van der Waals surface area (Å²) in [6.45, 7) is 2.01. The van der Waals surface area contributed by atoms with Crippen molar-refractivity contribution in [3.63, 3.8) is 0 Å². The Morgan fingerprint density at radius 2 is 2.06 bits per heavy atom. The zero-order valence-corrected chi connectivity index (χ0v) is 9.80. The molecule has 2 atom stereocenters. The number of aromatic hydroxyl groups is 2. The quantitative estimate of drug-likeness (QED) is 0.517. The number of benzene rings is 1. The van der Waals surface area contributed by atoms with Gasteiger partial charge in [0.05, 0.1) is 5.71 Å². The van der Waals surface area contributed by atoms with Crippen molar-refractivity contribution in [2.24, 2.45) is 11.1 Å². The fourth-order valence-corrected chi connectivity index (χ4v) is 2.62. The molecule has 4 nitrogen and oxygen atoms in total. The van der Waals surface area contributed by atoms with Crippen molar-refractivity contribution in [1.29, 1.82) is 0 Å². The Morgan fingerprint density at radius 3 is 2.71 bits per heavy atom. The van der Waals surface area contributed by atoms with Gasteiger partial charge in [0.15, 0.2) is 0 Å². The molecule has 1 aromatic rings. The van der Waals surface area contributed by atoms with E-state index < -0.39 is 0 Å². The molecule has 0 spiro atoms. The minimum atomic E-state index is 0.0609. The Balaban J connectivity index is 2.32. The van der Waals surface area contributed by atoms with Crippen LogP contribution in [0.5, 0.6) is 11.5 Å². The highest BCUT2D eigenvalue weighted by molar-refractivity contribution is 5.87. The van der Waals surface area contributed by atoms with Crippen molar-refractivity contribution in [3.8, 4) is 11.5 Å². The van der Waals surface area contributed by atoms with Crippen molar-refractivity contribution < 1.29 is 15.4 Å². The normalized spacial score (nSPS) is 27.2. The Kier molecular flexibility index (Phi) is 3.22. The van der Waals surface area contributed by atoms with Crippen LogP contribution in [0.25, 0.3) is 0 Å². The Labute approximate surface area is 100 Å². The Hall–Kier alpha value is -1.71. The maximum absolute atomic E-state index is 9.86. The average molecular weight is 235 g/mol. The van der Waals surface area contributed by atoms with E-state index >= 15 is 0 Å². The SMILES string of the molecule is CC1/C(=N/O)CCCC1c1ccc(O)cc1O. The largest absolute Gasteiger partial charge is 0.508 e. The molecule has 0 aliphatic heterocycles. The Morgan fingerprint density at radius 1 is 1.29 bits per heavy atom. The smallest absolute Gasteiger partial charge is 0.122 e. The van der Waals surface area contributed by atoms with Crippen molar-refractivity contribution in [3.05, 3.63) is 23.8 Å². The van der Waals surface area contributed by atoms with Crippen molar-refractivity contribution in [1.82, 2.24) is 0 Å². The van der Waals surface area contributed by atoms with Crippen molar-refractivity contribution >= 4 is 5.71 Å². The second kappa shape index (κ2) is 4.65. The first-order valence-electron chi connectivity index (χ1n) is 5.86. The molecular formula is C13H17NO3. The first-order chi connectivity index (χ1) is 8.13. The topological polar surface area (TPSA) is 73.1 Å². The van der Waals surface area contributed by atoms with E-state index in [9.17, 15) is 10.2 Å². The van der Waals surface area contributed by atoms with Crippen LogP contribution in [0.2, 0.25) is 0 Å². The van der Waals surface area contributed by atoms with E-state index in [0.717, 1.165) is 30.5 Å². The molecule has 0 bridgehead atoms. The van der Waals surface area contributed by atoms with Gasteiger partial charge >= 0.3 is 0 Å². The summed E-state index contributed by atoms with van der Waals surface area (Å²) in [5, 5.41) is 31.4. The second-order valence-electron chi connectivity index (χ2n) is 4.62. The predicted octanol–water partition coefficient (Wildman–Crippen LogP) is 2.83. The molecule has 0 saturated heterocycles. The molecule has 1 aromatic carbocycles. The van der Waals surface area contributed by atoms with Crippen LogP contribution in [0.15, 0.2) is 23.4 Å². The third-order valence-corrected chi connectivity index (χ3v) is 3.62. The lowest BCUT2D eigenvalue weighted by molar-refractivity contribution is 0.306. The van der Waals surface area contributed by atoms with E-state index in [1.54, 1.807) is 12.1 Å². The number of nitrogens with zero attached hydrogens (tertiary/aromatic N) is 1. The summed E-state index contributed by atoms with van der Waals surface area (Å²) in [5.74, 6) is 0.436. The van der Waals surface area contributed by atoms with Crippen LogP contribution in [-0.2, 0) is 0 Å². The number of phenols is 2. The standard InChI is InChI=1S/C13H17NO3/c1-8-10(3-2-4-12(8)14-17)11-6-5-9(15)7-13(11)16/h5-8,10,15-17H,2-4H2,1H3/b14-12+. The van der Waals surface area contributed by atoms with Gasteiger partial charge in [-0.3, -0.25) is 0 Å². The molecular weight excluding hydrogens is 218 g/mol. The summed E-state index contributed by atoms with van der Waals surface area (Å²) in [6, 6.07) is 4.67. The minimum Gasteiger partial charge on any atom is -0.508 e. The van der Waals surface area contributed by atoms with E-state index in [1.807, 2.05) is 6.92 Å². The van der Waals surface area contributed by atoms with E-state index in [2.05, 4.69) is 5.16 Å². The molecule has 17 heavy (non-hydrogen) atoms. The molecule has 0 aromatic heterocycles. The summed E-state index contributed by atoms with van der Waals surface area (Å²) < 4.78 is 0. The second-order valence-corrected chi connectivity index (χ2v) is 4.62. The molecule has 2 unspecified atom stereocenters. The van der Waals surface area contributed by atoms with E-state index in [-0.39, 0.29) is 23.3 Å². The zero-order valence-electron chi connectivity index (χ0n) is 9.80. The van der Waals surface area contributed by atoms with E-state index in [1.165, 1.54) is 6.07 Å². The minimum absolute atomic E-state index is 0.0609. The number of hydrogen-bond acceptors (Lipinski definition) is 4. The summed E-state index contributed by atoms with van der Waals surface area (Å²) in [4.78, 5) is 0. The fourth-order valence-electron chi connectivity index (χ4n) is 2.62. The Bertz CT molecular complexity index is 442. The molecule has 1 aliphatic rings. The maximum Gasteiger partial charge on any atom is 0.122 e. The number of oxime groups is 1. The molecule has 2 rings (SSSR count). The number of rotatable bonds is 1. The molecule has 3 N–H and O–H groups in total. The van der Waals surface area contributed by atoms with Crippen LogP contribution in [0.4, 0.5) is 0 Å². The number of phenolic OH excluding ortho intramolecular Hbond substituents is 2. The third-order valence-electron chi connectivity index (χ3n) is 3.62. The summed E-state index contributed by atoms with van der Waals surface area (Å²) in [5.41, 5.74) is 1.60. The van der Waals surface area contributed by atoms with Gasteiger partial charge in [0.25, 0.3) is 0 Å². The van der Waals surface area contributed by atoms with Gasteiger partial charge in [0, 0.05) is 12.0 Å². The van der Waals surface area contributed by atoms with Gasteiger partial charge in [-0.25, -0.2) is 0 Å². The van der Waals surface area contributed by atoms with Gasteiger partial charge in [-0.05, 0) is 36.8 Å². The molecule has 0 amide bonds. The molecule has 1 fully saturated rings. The molecule has 0 heterocycles. The molecule has 1 aliphatic carbocycles. The van der Waals surface area contributed by atoms with Gasteiger partial charge in [0.1, 0.15) is 11.5 Å². The molecule has 4 heteroatoms. The van der Waals surface area contributed by atoms with Gasteiger partial charge in [0.2, 0.25) is 0 Å². The van der Waals surface area contributed by atoms with Crippen LogP contribution >= 0.6 is 0 Å².